The Morgan fingerprint density at radius 2 is 2.05 bits per heavy atom. The van der Waals surface area contributed by atoms with Gasteiger partial charge in [0.2, 0.25) is 0 Å². The van der Waals surface area contributed by atoms with Crippen LogP contribution in [0, 0.1) is 11.3 Å². The maximum Gasteiger partial charge on any atom is 0.142 e. The van der Waals surface area contributed by atoms with Crippen LogP contribution in [0.2, 0.25) is 0 Å². The van der Waals surface area contributed by atoms with E-state index in [2.05, 4.69) is 42.9 Å². The summed E-state index contributed by atoms with van der Waals surface area (Å²) in [7, 11) is 2.12. The molecule has 1 aromatic heterocycles. The number of hydrogen-bond donors (Lipinski definition) is 0. The van der Waals surface area contributed by atoms with Crippen LogP contribution in [0.3, 0.4) is 0 Å². The Kier molecular flexibility index (Phi) is 4.92. The van der Waals surface area contributed by atoms with Crippen LogP contribution in [-0.4, -0.2) is 35.8 Å². The molecule has 1 aromatic rings. The summed E-state index contributed by atoms with van der Waals surface area (Å²) in [6, 6.07) is 4.12. The quantitative estimate of drug-likeness (QED) is 0.827. The van der Waals surface area contributed by atoms with Gasteiger partial charge in [0.05, 0.1) is 0 Å². The number of carbonyl (C=O) groups excluding carboxylic acids is 1. The van der Waals surface area contributed by atoms with Gasteiger partial charge in [-0.05, 0) is 44.0 Å². The fourth-order valence-electron chi connectivity index (χ4n) is 3.11. The molecule has 0 saturated heterocycles. The lowest BCUT2D eigenvalue weighted by atomic mass is 9.71. The fraction of sp³-hybridized carbons (Fsp3) is 0.647. The molecule has 1 heterocycles. The van der Waals surface area contributed by atoms with E-state index in [1.54, 1.807) is 0 Å². The van der Waals surface area contributed by atoms with Gasteiger partial charge in [0, 0.05) is 36.8 Å². The highest BCUT2D eigenvalue weighted by atomic mass is 16.1. The van der Waals surface area contributed by atoms with Crippen LogP contribution in [0.5, 0.6) is 0 Å². The summed E-state index contributed by atoms with van der Waals surface area (Å²) in [6.07, 6.45) is 7.97. The molecule has 110 valence electrons. The van der Waals surface area contributed by atoms with E-state index in [4.69, 9.17) is 0 Å². The first-order valence-corrected chi connectivity index (χ1v) is 7.61. The molecule has 3 heteroatoms. The zero-order valence-corrected chi connectivity index (χ0v) is 12.9. The first-order chi connectivity index (χ1) is 9.49. The molecule has 0 N–H and O–H groups in total. The first-order valence-electron chi connectivity index (χ1n) is 7.61. The summed E-state index contributed by atoms with van der Waals surface area (Å²) in [4.78, 5) is 18.8. The van der Waals surface area contributed by atoms with E-state index in [1.165, 1.54) is 12.0 Å². The smallest absolute Gasteiger partial charge is 0.142 e. The van der Waals surface area contributed by atoms with E-state index in [1.807, 2.05) is 12.4 Å². The maximum absolute atomic E-state index is 12.4. The van der Waals surface area contributed by atoms with Gasteiger partial charge in [-0.2, -0.15) is 0 Å². The second kappa shape index (κ2) is 6.49. The van der Waals surface area contributed by atoms with Gasteiger partial charge in [-0.25, -0.2) is 0 Å². The summed E-state index contributed by atoms with van der Waals surface area (Å²) < 4.78 is 0. The highest BCUT2D eigenvalue weighted by Crippen LogP contribution is 2.35. The lowest BCUT2D eigenvalue weighted by molar-refractivity contribution is -0.134. The molecule has 20 heavy (non-hydrogen) atoms. The van der Waals surface area contributed by atoms with Crippen LogP contribution in [0.15, 0.2) is 24.5 Å². The standard InChI is InChI=1S/C17H26N2O/c1-17(2)9-4-5-15(16(17)20)13-19(3)12-8-14-6-10-18-11-7-14/h6-7,10-11,15H,4-5,8-9,12-13H2,1-3H3. The third-order valence-electron chi connectivity index (χ3n) is 4.46. The van der Waals surface area contributed by atoms with Gasteiger partial charge in [0.15, 0.2) is 0 Å². The van der Waals surface area contributed by atoms with Crippen LogP contribution in [0.25, 0.3) is 0 Å². The van der Waals surface area contributed by atoms with Crippen LogP contribution in [0.1, 0.15) is 38.7 Å². The number of rotatable bonds is 5. The van der Waals surface area contributed by atoms with Gasteiger partial charge in [0.1, 0.15) is 5.78 Å². The minimum absolute atomic E-state index is 0.116. The Hall–Kier alpha value is -1.22. The molecule has 0 bridgehead atoms. The van der Waals surface area contributed by atoms with Gasteiger partial charge in [-0.1, -0.05) is 20.3 Å². The Bertz CT molecular complexity index is 442. The van der Waals surface area contributed by atoms with Crippen LogP contribution in [0.4, 0.5) is 0 Å². The van der Waals surface area contributed by atoms with Crippen molar-refractivity contribution < 1.29 is 4.79 Å². The molecule has 1 unspecified atom stereocenters. The SMILES string of the molecule is CN(CCc1ccncc1)CC1CCCC(C)(C)C1=O. The summed E-state index contributed by atoms with van der Waals surface area (Å²) in [5.41, 5.74) is 1.19. The molecule has 0 spiro atoms. The number of ketones is 1. The Morgan fingerprint density at radius 3 is 2.75 bits per heavy atom. The van der Waals surface area contributed by atoms with Crippen molar-refractivity contribution in [2.45, 2.75) is 39.5 Å². The number of nitrogens with zero attached hydrogens (tertiary/aromatic N) is 2. The summed E-state index contributed by atoms with van der Waals surface area (Å²) in [6.45, 7) is 6.08. The van der Waals surface area contributed by atoms with Crippen molar-refractivity contribution in [3.63, 3.8) is 0 Å². The van der Waals surface area contributed by atoms with Gasteiger partial charge >= 0.3 is 0 Å². The van der Waals surface area contributed by atoms with Gasteiger partial charge in [-0.3, -0.25) is 9.78 Å². The molecule has 0 radical (unpaired) electrons. The summed E-state index contributed by atoms with van der Waals surface area (Å²) >= 11 is 0. The molecule has 1 atom stereocenters. The average Bonchev–Trinajstić information content (AvgIpc) is 2.43. The molecule has 0 aromatic carbocycles. The van der Waals surface area contributed by atoms with E-state index in [9.17, 15) is 4.79 Å². The monoisotopic (exact) mass is 274 g/mol. The summed E-state index contributed by atoms with van der Waals surface area (Å²) in [5.74, 6) is 0.681. The third-order valence-corrected chi connectivity index (χ3v) is 4.46. The highest BCUT2D eigenvalue weighted by Gasteiger charge is 2.37. The molecule has 1 fully saturated rings. The molecule has 0 amide bonds. The van der Waals surface area contributed by atoms with Crippen LogP contribution in [-0.2, 0) is 11.2 Å². The lowest BCUT2D eigenvalue weighted by Crippen LogP contribution is -2.41. The van der Waals surface area contributed by atoms with E-state index < -0.39 is 0 Å². The lowest BCUT2D eigenvalue weighted by Gasteiger charge is -2.35. The van der Waals surface area contributed by atoms with E-state index in [0.717, 1.165) is 32.4 Å². The Morgan fingerprint density at radius 1 is 1.35 bits per heavy atom. The Labute approximate surface area is 122 Å². The zero-order chi connectivity index (χ0) is 14.6. The number of likely N-dealkylation sites (N-methyl/N-ethyl adjacent to an activating group) is 1. The fourth-order valence-corrected chi connectivity index (χ4v) is 3.11. The van der Waals surface area contributed by atoms with Gasteiger partial charge < -0.3 is 4.90 Å². The minimum Gasteiger partial charge on any atom is -0.305 e. The van der Waals surface area contributed by atoms with Crippen molar-refractivity contribution in [2.24, 2.45) is 11.3 Å². The Balaban J connectivity index is 1.82. The van der Waals surface area contributed by atoms with Crippen molar-refractivity contribution in [2.75, 3.05) is 20.1 Å². The van der Waals surface area contributed by atoms with E-state index in [0.29, 0.717) is 5.78 Å². The number of Topliss-reactive ketones (excluding diaryl/α,β-unsaturated/α-hetero) is 1. The van der Waals surface area contributed by atoms with Crippen molar-refractivity contribution in [1.29, 1.82) is 0 Å². The second-order valence-electron chi connectivity index (χ2n) is 6.70. The molecular formula is C17H26N2O. The molecule has 1 saturated carbocycles. The second-order valence-corrected chi connectivity index (χ2v) is 6.70. The molecular weight excluding hydrogens is 248 g/mol. The van der Waals surface area contributed by atoms with E-state index >= 15 is 0 Å². The minimum atomic E-state index is -0.116. The first kappa shape index (κ1) is 15.2. The zero-order valence-electron chi connectivity index (χ0n) is 12.9. The summed E-state index contributed by atoms with van der Waals surface area (Å²) in [5, 5.41) is 0. The number of carbonyl (C=O) groups is 1. The van der Waals surface area contributed by atoms with Crippen LogP contribution >= 0.6 is 0 Å². The normalized spacial score (nSPS) is 22.2. The molecule has 2 rings (SSSR count). The number of pyridine rings is 1. The largest absolute Gasteiger partial charge is 0.305 e. The third kappa shape index (κ3) is 3.89. The van der Waals surface area contributed by atoms with Gasteiger partial charge in [-0.15, -0.1) is 0 Å². The van der Waals surface area contributed by atoms with Crippen molar-refractivity contribution >= 4 is 5.78 Å². The number of hydrogen-bond acceptors (Lipinski definition) is 3. The maximum atomic E-state index is 12.4. The van der Waals surface area contributed by atoms with E-state index in [-0.39, 0.29) is 11.3 Å². The van der Waals surface area contributed by atoms with Crippen molar-refractivity contribution in [3.8, 4) is 0 Å². The van der Waals surface area contributed by atoms with Gasteiger partial charge in [0.25, 0.3) is 0 Å². The molecule has 1 aliphatic rings. The predicted octanol–water partition coefficient (Wildman–Crippen LogP) is 2.95. The average molecular weight is 274 g/mol. The number of aromatic nitrogens is 1. The molecule has 0 aliphatic heterocycles. The predicted molar refractivity (Wildman–Crippen MR) is 81.6 cm³/mol. The van der Waals surface area contributed by atoms with Crippen LogP contribution < -0.4 is 0 Å². The molecule has 3 nitrogen and oxygen atoms in total. The topological polar surface area (TPSA) is 33.2 Å². The highest BCUT2D eigenvalue weighted by molar-refractivity contribution is 5.87. The van der Waals surface area contributed by atoms with Crippen molar-refractivity contribution in [1.82, 2.24) is 9.88 Å². The van der Waals surface area contributed by atoms with Crippen molar-refractivity contribution in [3.05, 3.63) is 30.1 Å². The molecule has 1 aliphatic carbocycles.